The van der Waals surface area contributed by atoms with E-state index in [0.717, 1.165) is 23.0 Å². The summed E-state index contributed by atoms with van der Waals surface area (Å²) < 4.78 is 10.8. The van der Waals surface area contributed by atoms with Crippen LogP contribution in [0.4, 0.5) is 0 Å². The van der Waals surface area contributed by atoms with E-state index >= 15 is 0 Å². The largest absolute Gasteiger partial charge is 0.493 e. The molecule has 0 heterocycles. The van der Waals surface area contributed by atoms with Gasteiger partial charge in [0, 0.05) is 13.6 Å². The van der Waals surface area contributed by atoms with E-state index in [2.05, 4.69) is 59.7 Å². The number of likely N-dealkylation sites (N-methyl/N-ethyl adjacent to an activating group) is 1. The van der Waals surface area contributed by atoms with Crippen molar-refractivity contribution in [2.45, 2.75) is 19.0 Å². The van der Waals surface area contributed by atoms with Gasteiger partial charge in [-0.15, -0.1) is 24.0 Å². The Morgan fingerprint density at radius 3 is 2.21 bits per heavy atom. The number of guanidine groups is 1. The van der Waals surface area contributed by atoms with E-state index in [9.17, 15) is 0 Å². The van der Waals surface area contributed by atoms with Crippen LogP contribution < -0.4 is 20.1 Å². The number of halogens is 1. The standard InChI is InChI=1S/C22H32N4O2.HI/c1-16(17-10-8-7-9-11-17)25-22(23-2)24-15-19(26(3)4)18-12-13-20(27-5)21(14-18)28-6;/h7-14,16,19H,15H2,1-6H3,(H2,23,24,25);1H. The van der Waals surface area contributed by atoms with Gasteiger partial charge >= 0.3 is 0 Å². The lowest BCUT2D eigenvalue weighted by Gasteiger charge is -2.27. The Hall–Kier alpha value is -2.00. The van der Waals surface area contributed by atoms with Crippen molar-refractivity contribution in [2.24, 2.45) is 4.99 Å². The maximum atomic E-state index is 5.46. The molecule has 29 heavy (non-hydrogen) atoms. The normalized spacial score (nSPS) is 13.3. The molecule has 2 aromatic rings. The zero-order chi connectivity index (χ0) is 20.5. The molecule has 0 amide bonds. The molecule has 0 saturated heterocycles. The van der Waals surface area contributed by atoms with E-state index < -0.39 is 0 Å². The molecule has 0 bridgehead atoms. The molecule has 0 aliphatic heterocycles. The van der Waals surface area contributed by atoms with Gasteiger partial charge < -0.3 is 25.0 Å². The van der Waals surface area contributed by atoms with Gasteiger partial charge in [0.25, 0.3) is 0 Å². The number of nitrogens with one attached hydrogen (secondary N) is 2. The molecular formula is C22H33IN4O2. The Bertz CT molecular complexity index is 769. The summed E-state index contributed by atoms with van der Waals surface area (Å²) in [4.78, 5) is 6.54. The minimum Gasteiger partial charge on any atom is -0.493 e. The van der Waals surface area contributed by atoms with Gasteiger partial charge in [0.05, 0.1) is 26.3 Å². The number of benzene rings is 2. The van der Waals surface area contributed by atoms with Gasteiger partial charge in [0.1, 0.15) is 0 Å². The molecule has 2 atom stereocenters. The first-order chi connectivity index (χ1) is 13.5. The van der Waals surface area contributed by atoms with Gasteiger partial charge in [-0.2, -0.15) is 0 Å². The quantitative estimate of drug-likeness (QED) is 0.320. The smallest absolute Gasteiger partial charge is 0.191 e. The lowest BCUT2D eigenvalue weighted by atomic mass is 10.1. The molecule has 2 N–H and O–H groups in total. The highest BCUT2D eigenvalue weighted by Gasteiger charge is 2.18. The van der Waals surface area contributed by atoms with E-state index in [1.807, 2.05) is 30.3 Å². The third kappa shape index (κ3) is 7.08. The van der Waals surface area contributed by atoms with E-state index in [1.165, 1.54) is 5.56 Å². The number of methoxy groups -OCH3 is 2. The lowest BCUT2D eigenvalue weighted by Crippen LogP contribution is -2.42. The fourth-order valence-electron chi connectivity index (χ4n) is 3.08. The minimum absolute atomic E-state index is 0. The summed E-state index contributed by atoms with van der Waals surface area (Å²) in [5.74, 6) is 2.22. The molecule has 2 aromatic carbocycles. The van der Waals surface area contributed by atoms with Crippen molar-refractivity contribution in [1.29, 1.82) is 0 Å². The maximum absolute atomic E-state index is 5.46. The molecule has 2 unspecified atom stereocenters. The molecule has 0 aliphatic rings. The van der Waals surface area contributed by atoms with Crippen molar-refractivity contribution >= 4 is 29.9 Å². The van der Waals surface area contributed by atoms with Gasteiger partial charge in [0.2, 0.25) is 0 Å². The highest BCUT2D eigenvalue weighted by Crippen LogP contribution is 2.31. The molecule has 0 aromatic heterocycles. The molecular weight excluding hydrogens is 479 g/mol. The molecule has 0 spiro atoms. The van der Waals surface area contributed by atoms with Crippen molar-refractivity contribution in [3.05, 3.63) is 59.7 Å². The molecule has 7 heteroatoms. The molecule has 0 aliphatic carbocycles. The summed E-state index contributed by atoms with van der Waals surface area (Å²) >= 11 is 0. The Labute approximate surface area is 191 Å². The minimum atomic E-state index is 0. The van der Waals surface area contributed by atoms with Crippen LogP contribution in [-0.4, -0.2) is 52.8 Å². The molecule has 6 nitrogen and oxygen atoms in total. The van der Waals surface area contributed by atoms with E-state index in [1.54, 1.807) is 21.3 Å². The fraction of sp³-hybridized carbons (Fsp3) is 0.409. The first-order valence-corrected chi connectivity index (χ1v) is 9.40. The Morgan fingerprint density at radius 1 is 1.00 bits per heavy atom. The second-order valence-electron chi connectivity index (χ2n) is 6.82. The molecule has 0 fully saturated rings. The van der Waals surface area contributed by atoms with Gasteiger partial charge in [-0.1, -0.05) is 36.4 Å². The van der Waals surface area contributed by atoms with Crippen LogP contribution >= 0.6 is 24.0 Å². The molecule has 2 rings (SSSR count). The predicted molar refractivity (Wildman–Crippen MR) is 131 cm³/mol. The van der Waals surface area contributed by atoms with E-state index in [0.29, 0.717) is 6.54 Å². The second-order valence-corrected chi connectivity index (χ2v) is 6.82. The molecule has 160 valence electrons. The maximum Gasteiger partial charge on any atom is 0.191 e. The third-order valence-corrected chi connectivity index (χ3v) is 4.75. The molecule has 0 saturated carbocycles. The Kier molecular flexibility index (Phi) is 10.8. The second kappa shape index (κ2) is 12.5. The average Bonchev–Trinajstić information content (AvgIpc) is 2.73. The topological polar surface area (TPSA) is 58.1 Å². The van der Waals surface area contributed by atoms with Crippen LogP contribution in [0, 0.1) is 0 Å². The lowest BCUT2D eigenvalue weighted by molar-refractivity contribution is 0.295. The summed E-state index contributed by atoms with van der Waals surface area (Å²) in [6.07, 6.45) is 0. The first kappa shape index (κ1) is 25.0. The number of hydrogen-bond acceptors (Lipinski definition) is 4. The SMILES string of the molecule is CN=C(NCC(c1ccc(OC)c(OC)c1)N(C)C)NC(C)c1ccccc1.I. The third-order valence-electron chi connectivity index (χ3n) is 4.75. The highest BCUT2D eigenvalue weighted by atomic mass is 127. The number of hydrogen-bond donors (Lipinski definition) is 2. The van der Waals surface area contributed by atoms with Crippen LogP contribution in [0.1, 0.15) is 30.1 Å². The van der Waals surface area contributed by atoms with Crippen LogP contribution in [0.15, 0.2) is 53.5 Å². The Morgan fingerprint density at radius 2 is 1.66 bits per heavy atom. The van der Waals surface area contributed by atoms with Crippen molar-refractivity contribution in [3.8, 4) is 11.5 Å². The zero-order valence-corrected chi connectivity index (χ0v) is 20.4. The summed E-state index contributed by atoms with van der Waals surface area (Å²) in [5.41, 5.74) is 2.36. The number of rotatable bonds is 8. The summed E-state index contributed by atoms with van der Waals surface area (Å²) in [7, 11) is 9.21. The van der Waals surface area contributed by atoms with Crippen LogP contribution in [-0.2, 0) is 0 Å². The average molecular weight is 512 g/mol. The first-order valence-electron chi connectivity index (χ1n) is 9.40. The van der Waals surface area contributed by atoms with Crippen molar-refractivity contribution in [2.75, 3.05) is 41.9 Å². The number of aliphatic imine (C=N–C) groups is 1. The summed E-state index contributed by atoms with van der Waals surface area (Å²) in [5, 5.41) is 6.89. The fourth-order valence-corrected chi connectivity index (χ4v) is 3.08. The van der Waals surface area contributed by atoms with Crippen molar-refractivity contribution in [3.63, 3.8) is 0 Å². The van der Waals surface area contributed by atoms with Gasteiger partial charge in [-0.3, -0.25) is 4.99 Å². The van der Waals surface area contributed by atoms with Gasteiger partial charge in [0.15, 0.2) is 17.5 Å². The summed E-state index contributed by atoms with van der Waals surface area (Å²) in [6.45, 7) is 2.82. The Balaban J connectivity index is 0.00000420. The number of nitrogens with zero attached hydrogens (tertiary/aromatic N) is 2. The highest BCUT2D eigenvalue weighted by molar-refractivity contribution is 14.0. The van der Waals surface area contributed by atoms with Gasteiger partial charge in [-0.25, -0.2) is 0 Å². The predicted octanol–water partition coefficient (Wildman–Crippen LogP) is 3.85. The monoisotopic (exact) mass is 512 g/mol. The van der Waals surface area contributed by atoms with E-state index in [-0.39, 0.29) is 36.1 Å². The van der Waals surface area contributed by atoms with E-state index in [4.69, 9.17) is 9.47 Å². The van der Waals surface area contributed by atoms with Crippen LogP contribution in [0.2, 0.25) is 0 Å². The van der Waals surface area contributed by atoms with Crippen molar-refractivity contribution in [1.82, 2.24) is 15.5 Å². The number of ether oxygens (including phenoxy) is 2. The zero-order valence-electron chi connectivity index (χ0n) is 18.1. The van der Waals surface area contributed by atoms with Gasteiger partial charge in [-0.05, 0) is 44.3 Å². The van der Waals surface area contributed by atoms with Crippen LogP contribution in [0.3, 0.4) is 0 Å². The van der Waals surface area contributed by atoms with Crippen molar-refractivity contribution < 1.29 is 9.47 Å². The van der Waals surface area contributed by atoms with Crippen LogP contribution in [0.25, 0.3) is 0 Å². The summed E-state index contributed by atoms with van der Waals surface area (Å²) in [6, 6.07) is 16.7. The molecule has 0 radical (unpaired) electrons. The van der Waals surface area contributed by atoms with Crippen LogP contribution in [0.5, 0.6) is 11.5 Å².